The third-order valence-electron chi connectivity index (χ3n) is 3.79. The number of nitrogens with one attached hydrogen (secondary N) is 1. The Bertz CT molecular complexity index is 932. The second-order valence-corrected chi connectivity index (χ2v) is 8.21. The van der Waals surface area contributed by atoms with Gasteiger partial charge in [-0.1, -0.05) is 35.9 Å². The van der Waals surface area contributed by atoms with Gasteiger partial charge in [0.1, 0.15) is 0 Å². The number of benzene rings is 1. The number of rotatable bonds is 3. The van der Waals surface area contributed by atoms with Gasteiger partial charge in [-0.05, 0) is 30.7 Å². The van der Waals surface area contributed by atoms with Crippen LogP contribution in [0.4, 0.5) is 0 Å². The van der Waals surface area contributed by atoms with Crippen LogP contribution >= 0.6 is 11.6 Å². The smallest absolute Gasteiger partial charge is 0.175 e. The molecule has 2 heterocycles. The third kappa shape index (κ3) is 3.52. The van der Waals surface area contributed by atoms with E-state index in [2.05, 4.69) is 23.3 Å². The molecule has 1 aromatic carbocycles. The van der Waals surface area contributed by atoms with E-state index >= 15 is 0 Å². The minimum atomic E-state index is -3.22. The summed E-state index contributed by atoms with van der Waals surface area (Å²) < 4.78 is 23.2. The number of dihydropyridines is 1. The lowest BCUT2D eigenvalue weighted by atomic mass is 9.98. The molecule has 0 fully saturated rings. The Balaban J connectivity index is 2.08. The number of pyridine rings is 1. The summed E-state index contributed by atoms with van der Waals surface area (Å²) in [4.78, 5) is 4.75. The van der Waals surface area contributed by atoms with E-state index in [0.717, 1.165) is 22.4 Å². The highest BCUT2D eigenvalue weighted by molar-refractivity contribution is 7.90. The van der Waals surface area contributed by atoms with E-state index in [0.29, 0.717) is 5.02 Å². The lowest BCUT2D eigenvalue weighted by molar-refractivity contribution is 0.602. The van der Waals surface area contributed by atoms with Gasteiger partial charge in [-0.3, -0.25) is 4.98 Å². The molecule has 0 radical (unpaired) electrons. The van der Waals surface area contributed by atoms with Crippen molar-refractivity contribution >= 4 is 27.0 Å². The van der Waals surface area contributed by atoms with E-state index in [4.69, 9.17) is 11.6 Å². The first-order valence-corrected chi connectivity index (χ1v) is 9.72. The molecular formula is C18H17ClN2O2S. The predicted octanol–water partition coefficient (Wildman–Crippen LogP) is 3.69. The maximum absolute atomic E-state index is 11.6. The van der Waals surface area contributed by atoms with Crippen molar-refractivity contribution in [3.63, 3.8) is 0 Å². The van der Waals surface area contributed by atoms with Crippen molar-refractivity contribution in [1.82, 2.24) is 10.3 Å². The second kappa shape index (κ2) is 6.42. The van der Waals surface area contributed by atoms with E-state index in [1.807, 2.05) is 18.3 Å². The molecule has 24 heavy (non-hydrogen) atoms. The van der Waals surface area contributed by atoms with Crippen molar-refractivity contribution in [3.05, 3.63) is 65.6 Å². The summed E-state index contributed by atoms with van der Waals surface area (Å²) in [7, 11) is -3.22. The van der Waals surface area contributed by atoms with Crippen LogP contribution in [-0.2, 0) is 9.84 Å². The number of hydrogen-bond acceptors (Lipinski definition) is 4. The fourth-order valence-corrected chi connectivity index (χ4v) is 3.28. The number of nitrogens with zero attached hydrogens (tertiary/aromatic N) is 1. The van der Waals surface area contributed by atoms with Gasteiger partial charge in [-0.25, -0.2) is 8.42 Å². The fourth-order valence-electron chi connectivity index (χ4n) is 2.49. The van der Waals surface area contributed by atoms with Gasteiger partial charge < -0.3 is 5.32 Å². The molecule has 3 rings (SSSR count). The third-order valence-corrected chi connectivity index (χ3v) is 5.12. The first-order valence-electron chi connectivity index (χ1n) is 7.45. The predicted molar refractivity (Wildman–Crippen MR) is 97.5 cm³/mol. The van der Waals surface area contributed by atoms with Crippen molar-refractivity contribution in [1.29, 1.82) is 0 Å². The molecule has 0 spiro atoms. The van der Waals surface area contributed by atoms with Crippen molar-refractivity contribution in [2.45, 2.75) is 17.9 Å². The summed E-state index contributed by atoms with van der Waals surface area (Å²) in [5.41, 5.74) is 3.46. The fraction of sp³-hybridized carbons (Fsp3) is 0.167. The topological polar surface area (TPSA) is 59.1 Å². The molecule has 0 aliphatic carbocycles. The van der Waals surface area contributed by atoms with Gasteiger partial charge in [0, 0.05) is 35.8 Å². The van der Waals surface area contributed by atoms with Crippen molar-refractivity contribution in [2.24, 2.45) is 0 Å². The van der Waals surface area contributed by atoms with Crippen LogP contribution in [0, 0.1) is 0 Å². The van der Waals surface area contributed by atoms with Crippen LogP contribution in [0.15, 0.2) is 59.8 Å². The molecule has 1 aliphatic rings. The van der Waals surface area contributed by atoms with Crippen LogP contribution in [-0.4, -0.2) is 25.7 Å². The molecule has 4 nitrogen and oxygen atoms in total. The first-order chi connectivity index (χ1) is 11.3. The van der Waals surface area contributed by atoms with Gasteiger partial charge in [0.25, 0.3) is 0 Å². The van der Waals surface area contributed by atoms with Gasteiger partial charge in [0.05, 0.1) is 15.6 Å². The van der Waals surface area contributed by atoms with Gasteiger partial charge >= 0.3 is 0 Å². The van der Waals surface area contributed by atoms with Crippen molar-refractivity contribution < 1.29 is 8.42 Å². The normalized spacial score (nSPS) is 17.3. The molecule has 0 saturated heterocycles. The van der Waals surface area contributed by atoms with E-state index in [1.165, 1.54) is 6.26 Å². The molecule has 1 atom stereocenters. The Kier molecular flexibility index (Phi) is 4.47. The lowest BCUT2D eigenvalue weighted by Crippen LogP contribution is -2.20. The zero-order valence-corrected chi connectivity index (χ0v) is 14.9. The SMILES string of the molecule is CC1C=CC(c2ncc(Cl)cc2-c2ccc(S(C)(=O)=O)cc2)=CN1. The Morgan fingerprint density at radius 2 is 1.92 bits per heavy atom. The number of allylic oxidation sites excluding steroid dienone is 2. The second-order valence-electron chi connectivity index (χ2n) is 5.76. The molecule has 6 heteroatoms. The van der Waals surface area contributed by atoms with Gasteiger partial charge in [0.15, 0.2) is 9.84 Å². The van der Waals surface area contributed by atoms with E-state index < -0.39 is 9.84 Å². The molecule has 124 valence electrons. The van der Waals surface area contributed by atoms with E-state index in [9.17, 15) is 8.42 Å². The molecular weight excluding hydrogens is 344 g/mol. The molecule has 1 aliphatic heterocycles. The molecule has 1 aromatic heterocycles. The van der Waals surface area contributed by atoms with Crippen LogP contribution in [0.5, 0.6) is 0 Å². The van der Waals surface area contributed by atoms with Crippen LogP contribution in [0.25, 0.3) is 16.7 Å². The highest BCUT2D eigenvalue weighted by Gasteiger charge is 2.14. The highest BCUT2D eigenvalue weighted by atomic mass is 35.5. The molecule has 0 saturated carbocycles. The van der Waals surface area contributed by atoms with Crippen LogP contribution in [0.2, 0.25) is 5.02 Å². The zero-order valence-electron chi connectivity index (χ0n) is 13.3. The molecule has 0 bridgehead atoms. The summed E-state index contributed by atoms with van der Waals surface area (Å²) in [6.07, 6.45) is 8.81. The molecule has 2 aromatic rings. The molecule has 1 unspecified atom stereocenters. The maximum atomic E-state index is 11.6. The average Bonchev–Trinajstić information content (AvgIpc) is 2.55. The summed E-state index contributed by atoms with van der Waals surface area (Å²) >= 11 is 6.12. The summed E-state index contributed by atoms with van der Waals surface area (Å²) in [6, 6.07) is 8.86. The van der Waals surface area contributed by atoms with Gasteiger partial charge in [0.2, 0.25) is 0 Å². The monoisotopic (exact) mass is 360 g/mol. The Hall–Kier alpha value is -2.11. The van der Waals surface area contributed by atoms with E-state index in [-0.39, 0.29) is 10.9 Å². The van der Waals surface area contributed by atoms with Crippen molar-refractivity contribution in [2.75, 3.05) is 6.26 Å². The lowest BCUT2D eigenvalue weighted by Gasteiger charge is -2.16. The molecule has 1 N–H and O–H groups in total. The van der Waals surface area contributed by atoms with Crippen LogP contribution in [0.1, 0.15) is 12.6 Å². The zero-order chi connectivity index (χ0) is 17.3. The number of aromatic nitrogens is 1. The summed E-state index contributed by atoms with van der Waals surface area (Å²) in [6.45, 7) is 2.06. The highest BCUT2D eigenvalue weighted by Crippen LogP contribution is 2.31. The van der Waals surface area contributed by atoms with Crippen LogP contribution in [0.3, 0.4) is 0 Å². The number of halogens is 1. The number of sulfone groups is 1. The van der Waals surface area contributed by atoms with E-state index in [1.54, 1.807) is 30.5 Å². The molecule has 0 amide bonds. The number of hydrogen-bond donors (Lipinski definition) is 1. The Morgan fingerprint density at radius 3 is 2.50 bits per heavy atom. The quantitative estimate of drug-likeness (QED) is 0.906. The Morgan fingerprint density at radius 1 is 1.21 bits per heavy atom. The Labute approximate surface area is 146 Å². The summed E-state index contributed by atoms with van der Waals surface area (Å²) in [5, 5.41) is 3.78. The minimum absolute atomic E-state index is 0.276. The maximum Gasteiger partial charge on any atom is 0.175 e. The standard InChI is InChI=1S/C18H17ClN2O2S/c1-12-3-4-14(10-20-12)18-17(9-15(19)11-21-18)13-5-7-16(8-6-13)24(2,22)23/h3-12,20H,1-2H3. The van der Waals surface area contributed by atoms with Gasteiger partial charge in [-0.15, -0.1) is 0 Å². The van der Waals surface area contributed by atoms with Gasteiger partial charge in [-0.2, -0.15) is 0 Å². The van der Waals surface area contributed by atoms with Crippen LogP contribution < -0.4 is 5.32 Å². The largest absolute Gasteiger partial charge is 0.384 e. The average molecular weight is 361 g/mol. The summed E-state index contributed by atoms with van der Waals surface area (Å²) in [5.74, 6) is 0. The minimum Gasteiger partial charge on any atom is -0.384 e. The van der Waals surface area contributed by atoms with Crippen molar-refractivity contribution in [3.8, 4) is 11.1 Å². The first kappa shape index (κ1) is 16.7.